The fourth-order valence-corrected chi connectivity index (χ4v) is 3.68. The third-order valence-electron chi connectivity index (χ3n) is 3.32. The van der Waals surface area contributed by atoms with Gasteiger partial charge in [-0.1, -0.05) is 20.8 Å². The quantitative estimate of drug-likeness (QED) is 0.645. The van der Waals surface area contributed by atoms with Crippen molar-refractivity contribution in [1.29, 1.82) is 0 Å². The van der Waals surface area contributed by atoms with Crippen LogP contribution in [0.25, 0.3) is 15.8 Å². The first kappa shape index (κ1) is 15.2. The van der Waals surface area contributed by atoms with Gasteiger partial charge in [0.2, 0.25) is 0 Å². The lowest BCUT2D eigenvalue weighted by molar-refractivity contribution is -0.125. The van der Waals surface area contributed by atoms with Gasteiger partial charge in [-0.05, 0) is 42.0 Å². The Kier molecular flexibility index (Phi) is 3.78. The van der Waals surface area contributed by atoms with Crippen molar-refractivity contribution in [1.82, 2.24) is 4.57 Å². The summed E-state index contributed by atoms with van der Waals surface area (Å²) >= 11 is 3.27. The Labute approximate surface area is 137 Å². The van der Waals surface area contributed by atoms with Gasteiger partial charge >= 0.3 is 0 Å². The van der Waals surface area contributed by atoms with E-state index < -0.39 is 5.41 Å². The molecule has 2 aromatic heterocycles. The molecule has 0 spiro atoms. The van der Waals surface area contributed by atoms with Crippen LogP contribution in [0.4, 0.5) is 0 Å². The molecular weight excluding hydrogens is 312 g/mol. The molecule has 0 fully saturated rings. The molecule has 0 saturated carbocycles. The number of amides is 1. The predicted octanol–water partition coefficient (Wildman–Crippen LogP) is 4.54. The highest BCUT2D eigenvalue weighted by molar-refractivity contribution is 7.17. The lowest BCUT2D eigenvalue weighted by Gasteiger charge is -2.11. The molecule has 22 heavy (non-hydrogen) atoms. The monoisotopic (exact) mass is 330 g/mol. The van der Waals surface area contributed by atoms with Crippen LogP contribution in [0.2, 0.25) is 0 Å². The minimum Gasteiger partial charge on any atom is -0.292 e. The summed E-state index contributed by atoms with van der Waals surface area (Å²) in [6, 6.07) is 8.44. The molecule has 3 rings (SSSR count). The fraction of sp³-hybridized carbons (Fsp3) is 0.294. The number of hydrogen-bond donors (Lipinski definition) is 0. The summed E-state index contributed by atoms with van der Waals surface area (Å²) in [5, 5.41) is 3.30. The first-order chi connectivity index (χ1) is 10.3. The minimum absolute atomic E-state index is 0.0975. The van der Waals surface area contributed by atoms with Crippen LogP contribution in [0.15, 0.2) is 40.8 Å². The Morgan fingerprint density at radius 2 is 2.00 bits per heavy atom. The van der Waals surface area contributed by atoms with Crippen LogP contribution >= 0.6 is 22.7 Å². The number of rotatable bonds is 1. The van der Waals surface area contributed by atoms with Gasteiger partial charge in [0, 0.05) is 26.9 Å². The highest BCUT2D eigenvalue weighted by atomic mass is 32.1. The molecule has 3 aromatic rings. The van der Waals surface area contributed by atoms with E-state index in [0.717, 1.165) is 15.4 Å². The topological polar surface area (TPSA) is 34.4 Å². The van der Waals surface area contributed by atoms with Crippen molar-refractivity contribution in [2.75, 3.05) is 0 Å². The van der Waals surface area contributed by atoms with E-state index in [2.05, 4.69) is 34.6 Å². The molecule has 0 N–H and O–H groups in total. The normalized spacial score (nSPS) is 13.0. The maximum atomic E-state index is 12.2. The van der Waals surface area contributed by atoms with E-state index in [1.54, 1.807) is 11.3 Å². The molecule has 0 aliphatic heterocycles. The number of nitrogens with zero attached hydrogens (tertiary/aromatic N) is 2. The van der Waals surface area contributed by atoms with E-state index in [9.17, 15) is 4.79 Å². The Bertz CT molecular complexity index is 907. The number of fused-ring (bicyclic) bond motifs is 1. The minimum atomic E-state index is -0.465. The highest BCUT2D eigenvalue weighted by Gasteiger charge is 2.21. The number of carbonyl (C=O) groups excluding carboxylic acids is 1. The largest absolute Gasteiger partial charge is 0.292 e. The molecule has 114 valence electrons. The van der Waals surface area contributed by atoms with Crippen molar-refractivity contribution >= 4 is 38.7 Å². The predicted molar refractivity (Wildman–Crippen MR) is 93.8 cm³/mol. The van der Waals surface area contributed by atoms with E-state index in [-0.39, 0.29) is 5.91 Å². The summed E-state index contributed by atoms with van der Waals surface area (Å²) < 4.78 is 3.27. The van der Waals surface area contributed by atoms with Crippen molar-refractivity contribution in [3.8, 4) is 5.69 Å². The number of hydrogen-bond acceptors (Lipinski definition) is 3. The Hall–Kier alpha value is -1.72. The van der Waals surface area contributed by atoms with Gasteiger partial charge in [0.1, 0.15) is 0 Å². The number of thiazole rings is 1. The molecule has 1 amide bonds. The number of carbonyl (C=O) groups is 1. The number of aryl methyl sites for hydroxylation is 1. The van der Waals surface area contributed by atoms with Crippen LogP contribution in [0.1, 0.15) is 25.6 Å². The van der Waals surface area contributed by atoms with E-state index in [4.69, 9.17) is 0 Å². The maximum absolute atomic E-state index is 12.2. The molecule has 3 nitrogen and oxygen atoms in total. The summed E-state index contributed by atoms with van der Waals surface area (Å²) in [6.45, 7) is 7.70. The highest BCUT2D eigenvalue weighted by Crippen LogP contribution is 2.23. The van der Waals surface area contributed by atoms with Crippen LogP contribution in [-0.2, 0) is 4.79 Å². The van der Waals surface area contributed by atoms with E-state index in [0.29, 0.717) is 0 Å². The summed E-state index contributed by atoms with van der Waals surface area (Å²) in [4.78, 5) is 18.4. The van der Waals surface area contributed by atoms with Crippen LogP contribution in [0.5, 0.6) is 0 Å². The molecule has 1 aromatic carbocycles. The lowest BCUT2D eigenvalue weighted by Crippen LogP contribution is -2.22. The number of aromatic nitrogens is 1. The summed E-state index contributed by atoms with van der Waals surface area (Å²) in [5.74, 6) is -0.0975. The van der Waals surface area contributed by atoms with Gasteiger partial charge in [0.15, 0.2) is 4.80 Å². The molecular formula is C17H18N2OS2. The zero-order valence-corrected chi connectivity index (χ0v) is 14.7. The third kappa shape index (κ3) is 2.91. The molecule has 2 heterocycles. The van der Waals surface area contributed by atoms with Crippen LogP contribution in [0.3, 0.4) is 0 Å². The molecule has 0 aliphatic rings. The zero-order chi connectivity index (χ0) is 15.9. The third-order valence-corrected chi connectivity index (χ3v) is 5.12. The van der Waals surface area contributed by atoms with E-state index in [1.165, 1.54) is 21.4 Å². The first-order valence-electron chi connectivity index (χ1n) is 7.10. The standard InChI is InChI=1S/C17H18N2OS2/c1-11-10-19(16(22-11)18-15(20)17(2,3)4)13-5-6-14-12(9-13)7-8-21-14/h5-10H,1-4H3/b18-16-. The molecule has 0 atom stereocenters. The zero-order valence-electron chi connectivity index (χ0n) is 13.1. The van der Waals surface area contributed by atoms with Gasteiger partial charge in [-0.3, -0.25) is 9.36 Å². The van der Waals surface area contributed by atoms with Crippen LogP contribution < -0.4 is 4.80 Å². The van der Waals surface area contributed by atoms with Gasteiger partial charge in [0.25, 0.3) is 5.91 Å². The van der Waals surface area contributed by atoms with Crippen LogP contribution in [-0.4, -0.2) is 10.5 Å². The molecule has 0 bridgehead atoms. The smallest absolute Gasteiger partial charge is 0.253 e. The Morgan fingerprint density at radius 1 is 1.23 bits per heavy atom. The van der Waals surface area contributed by atoms with Crippen molar-refractivity contribution in [3.63, 3.8) is 0 Å². The summed E-state index contributed by atoms with van der Waals surface area (Å²) in [7, 11) is 0. The molecule has 0 aliphatic carbocycles. The van der Waals surface area contributed by atoms with Gasteiger partial charge in [-0.2, -0.15) is 4.99 Å². The maximum Gasteiger partial charge on any atom is 0.253 e. The average Bonchev–Trinajstić information content (AvgIpc) is 3.03. The Morgan fingerprint density at radius 3 is 2.73 bits per heavy atom. The lowest BCUT2D eigenvalue weighted by atomic mass is 9.96. The van der Waals surface area contributed by atoms with E-state index >= 15 is 0 Å². The van der Waals surface area contributed by atoms with Crippen molar-refractivity contribution < 1.29 is 4.79 Å². The molecule has 5 heteroatoms. The van der Waals surface area contributed by atoms with Crippen molar-refractivity contribution in [2.45, 2.75) is 27.7 Å². The van der Waals surface area contributed by atoms with Crippen LogP contribution in [0, 0.1) is 12.3 Å². The van der Waals surface area contributed by atoms with Crippen molar-refractivity contribution in [3.05, 3.63) is 45.5 Å². The first-order valence-corrected chi connectivity index (χ1v) is 8.80. The molecule has 0 saturated heterocycles. The van der Waals surface area contributed by atoms with Gasteiger partial charge in [0.05, 0.1) is 0 Å². The SMILES string of the molecule is Cc1cn(-c2ccc3sccc3c2)/c(=N/C(=O)C(C)(C)C)s1. The Balaban J connectivity index is 2.15. The second-order valence-electron chi connectivity index (χ2n) is 6.30. The average molecular weight is 330 g/mol. The second-order valence-corrected chi connectivity index (χ2v) is 8.46. The second kappa shape index (κ2) is 5.48. The van der Waals surface area contributed by atoms with E-state index in [1.807, 2.05) is 38.5 Å². The van der Waals surface area contributed by atoms with Gasteiger partial charge in [-0.25, -0.2) is 0 Å². The number of benzene rings is 1. The fourth-order valence-electron chi connectivity index (χ4n) is 2.08. The van der Waals surface area contributed by atoms with Gasteiger partial charge < -0.3 is 0 Å². The van der Waals surface area contributed by atoms with Crippen molar-refractivity contribution in [2.24, 2.45) is 10.4 Å². The summed E-state index contributed by atoms with van der Waals surface area (Å²) in [6.07, 6.45) is 2.03. The molecule has 0 unspecified atom stereocenters. The number of thiophene rings is 1. The molecule has 0 radical (unpaired) electrons. The summed E-state index contributed by atoms with van der Waals surface area (Å²) in [5.41, 5.74) is 0.572. The van der Waals surface area contributed by atoms with Gasteiger partial charge in [-0.15, -0.1) is 22.7 Å².